The zero-order valence-corrected chi connectivity index (χ0v) is 9.06. The molecular formula is C9H8ClNO2S. The minimum Gasteiger partial charge on any atom is -0.495 e. The average Bonchev–Trinajstić information content (AvgIpc) is 2.85. The van der Waals surface area contributed by atoms with E-state index < -0.39 is 0 Å². The molecular weight excluding hydrogens is 222 g/mol. The molecule has 0 atom stereocenters. The normalized spacial score (nSPS) is 10.4. The largest absolute Gasteiger partial charge is 0.495 e. The van der Waals surface area contributed by atoms with Gasteiger partial charge in [0.05, 0.1) is 18.7 Å². The molecule has 2 heterocycles. The van der Waals surface area contributed by atoms with Crippen molar-refractivity contribution < 1.29 is 9.15 Å². The summed E-state index contributed by atoms with van der Waals surface area (Å²) in [5, 5.41) is 1.93. The summed E-state index contributed by atoms with van der Waals surface area (Å²) in [5.74, 6) is 1.70. The van der Waals surface area contributed by atoms with Crippen molar-refractivity contribution in [1.29, 1.82) is 0 Å². The Bertz CT molecular complexity index is 424. The van der Waals surface area contributed by atoms with Crippen LogP contribution in [-0.4, -0.2) is 12.1 Å². The average molecular weight is 230 g/mol. The number of hydrogen-bond acceptors (Lipinski definition) is 4. The Morgan fingerprint density at radius 3 is 3.14 bits per heavy atom. The number of halogens is 1. The maximum absolute atomic E-state index is 5.62. The van der Waals surface area contributed by atoms with Crippen molar-refractivity contribution in [1.82, 2.24) is 4.98 Å². The zero-order valence-electron chi connectivity index (χ0n) is 7.49. The lowest BCUT2D eigenvalue weighted by Crippen LogP contribution is -1.83. The Kier molecular flexibility index (Phi) is 2.74. The molecule has 3 nitrogen and oxygen atoms in total. The second-order valence-corrected chi connectivity index (χ2v) is 3.78. The molecule has 0 spiro atoms. The predicted octanol–water partition coefficient (Wildman–Crippen LogP) is 3.15. The molecule has 5 heteroatoms. The van der Waals surface area contributed by atoms with Gasteiger partial charge in [-0.15, -0.1) is 22.9 Å². The van der Waals surface area contributed by atoms with Crippen LogP contribution < -0.4 is 4.74 Å². The first-order chi connectivity index (χ1) is 6.85. The lowest BCUT2D eigenvalue weighted by atomic mass is 10.4. The molecule has 0 bridgehead atoms. The van der Waals surface area contributed by atoms with E-state index in [1.54, 1.807) is 13.4 Å². The highest BCUT2D eigenvalue weighted by Crippen LogP contribution is 2.34. The van der Waals surface area contributed by atoms with Crippen molar-refractivity contribution in [3.63, 3.8) is 0 Å². The lowest BCUT2D eigenvalue weighted by molar-refractivity contribution is 0.416. The molecule has 0 fully saturated rings. The number of aromatic nitrogens is 1. The van der Waals surface area contributed by atoms with Crippen molar-refractivity contribution in [3.05, 3.63) is 23.4 Å². The number of hydrogen-bond donors (Lipinski definition) is 0. The molecule has 0 N–H and O–H groups in total. The van der Waals surface area contributed by atoms with Crippen LogP contribution in [0.25, 0.3) is 10.8 Å². The van der Waals surface area contributed by atoms with E-state index in [9.17, 15) is 0 Å². The molecule has 2 aromatic rings. The number of thiophene rings is 1. The third kappa shape index (κ3) is 1.63. The Labute approximate surface area is 90.3 Å². The van der Waals surface area contributed by atoms with Crippen molar-refractivity contribution in [3.8, 4) is 16.5 Å². The third-order valence-corrected chi connectivity index (χ3v) is 2.89. The fourth-order valence-electron chi connectivity index (χ4n) is 1.09. The van der Waals surface area contributed by atoms with E-state index in [2.05, 4.69) is 4.98 Å². The topological polar surface area (TPSA) is 35.3 Å². The van der Waals surface area contributed by atoms with E-state index >= 15 is 0 Å². The van der Waals surface area contributed by atoms with E-state index in [1.165, 1.54) is 11.3 Å². The van der Waals surface area contributed by atoms with E-state index in [4.69, 9.17) is 20.8 Å². The van der Waals surface area contributed by atoms with Gasteiger partial charge in [-0.25, -0.2) is 4.98 Å². The molecule has 2 rings (SSSR count). The van der Waals surface area contributed by atoms with Crippen LogP contribution in [0.4, 0.5) is 0 Å². The first-order valence-corrected chi connectivity index (χ1v) is 5.38. The van der Waals surface area contributed by atoms with Gasteiger partial charge < -0.3 is 9.15 Å². The van der Waals surface area contributed by atoms with Gasteiger partial charge in [-0.2, -0.15) is 0 Å². The van der Waals surface area contributed by atoms with Gasteiger partial charge in [0.2, 0.25) is 5.89 Å². The van der Waals surface area contributed by atoms with Crippen LogP contribution in [-0.2, 0) is 5.88 Å². The van der Waals surface area contributed by atoms with Crippen LogP contribution in [0.1, 0.15) is 5.69 Å². The molecule has 2 aromatic heterocycles. The van der Waals surface area contributed by atoms with Crippen LogP contribution in [0.3, 0.4) is 0 Å². The van der Waals surface area contributed by atoms with Crippen molar-refractivity contribution in [2.75, 3.05) is 7.11 Å². The van der Waals surface area contributed by atoms with Gasteiger partial charge in [-0.1, -0.05) is 0 Å². The van der Waals surface area contributed by atoms with E-state index in [0.717, 1.165) is 16.3 Å². The van der Waals surface area contributed by atoms with Crippen molar-refractivity contribution in [2.45, 2.75) is 5.88 Å². The highest BCUT2D eigenvalue weighted by atomic mass is 35.5. The van der Waals surface area contributed by atoms with Crippen LogP contribution in [0.2, 0.25) is 0 Å². The number of ether oxygens (including phenoxy) is 1. The summed E-state index contributed by atoms with van der Waals surface area (Å²) in [5.41, 5.74) is 0.733. The summed E-state index contributed by atoms with van der Waals surface area (Å²) in [7, 11) is 1.62. The van der Waals surface area contributed by atoms with Crippen LogP contribution >= 0.6 is 22.9 Å². The first-order valence-electron chi connectivity index (χ1n) is 3.97. The Hall–Kier alpha value is -1.00. The van der Waals surface area contributed by atoms with E-state index in [-0.39, 0.29) is 0 Å². The Balaban J connectivity index is 2.38. The van der Waals surface area contributed by atoms with Gasteiger partial charge in [0.25, 0.3) is 0 Å². The van der Waals surface area contributed by atoms with Gasteiger partial charge in [0.1, 0.15) is 16.9 Å². The summed E-state index contributed by atoms with van der Waals surface area (Å²) >= 11 is 7.15. The quantitative estimate of drug-likeness (QED) is 0.759. The fourth-order valence-corrected chi connectivity index (χ4v) is 2.00. The third-order valence-electron chi connectivity index (χ3n) is 1.73. The second-order valence-electron chi connectivity index (χ2n) is 2.60. The molecule has 0 amide bonds. The number of rotatable bonds is 3. The highest BCUT2D eigenvalue weighted by molar-refractivity contribution is 7.13. The van der Waals surface area contributed by atoms with Crippen LogP contribution in [0.5, 0.6) is 5.75 Å². The van der Waals surface area contributed by atoms with Gasteiger partial charge in [-0.05, 0) is 11.4 Å². The maximum Gasteiger partial charge on any atom is 0.240 e. The minimum atomic E-state index is 0.358. The maximum atomic E-state index is 5.62. The summed E-state index contributed by atoms with van der Waals surface area (Å²) < 4.78 is 10.4. The Morgan fingerprint density at radius 1 is 1.64 bits per heavy atom. The summed E-state index contributed by atoms with van der Waals surface area (Å²) in [6.45, 7) is 0. The van der Waals surface area contributed by atoms with Crippen molar-refractivity contribution in [2.24, 2.45) is 0 Å². The van der Waals surface area contributed by atoms with Gasteiger partial charge in [0, 0.05) is 0 Å². The predicted molar refractivity (Wildman–Crippen MR) is 55.9 cm³/mol. The second kappa shape index (κ2) is 4.02. The molecule has 0 saturated heterocycles. The summed E-state index contributed by atoms with van der Waals surface area (Å²) in [4.78, 5) is 5.10. The van der Waals surface area contributed by atoms with Gasteiger partial charge >= 0.3 is 0 Å². The summed E-state index contributed by atoms with van der Waals surface area (Å²) in [6.07, 6.45) is 1.56. The lowest BCUT2D eigenvalue weighted by Gasteiger charge is -1.96. The molecule has 0 aromatic carbocycles. The van der Waals surface area contributed by atoms with E-state index in [0.29, 0.717) is 11.8 Å². The minimum absolute atomic E-state index is 0.358. The fraction of sp³-hybridized carbons (Fsp3) is 0.222. The van der Waals surface area contributed by atoms with Crippen LogP contribution in [0.15, 0.2) is 22.1 Å². The molecule has 0 aliphatic carbocycles. The molecule has 0 aliphatic heterocycles. The molecule has 74 valence electrons. The first kappa shape index (κ1) is 9.55. The monoisotopic (exact) mass is 229 g/mol. The smallest absolute Gasteiger partial charge is 0.240 e. The van der Waals surface area contributed by atoms with Gasteiger partial charge in [0.15, 0.2) is 0 Å². The standard InChI is InChI=1S/C9H8ClNO2S/c1-12-7-2-3-14-8(7)9-11-6(4-10)5-13-9/h2-3,5H,4H2,1H3. The molecule has 0 unspecified atom stereocenters. The molecule has 0 aliphatic rings. The molecule has 0 radical (unpaired) electrons. The molecule has 0 saturated carbocycles. The number of oxazole rings is 1. The van der Waals surface area contributed by atoms with Gasteiger partial charge in [-0.3, -0.25) is 0 Å². The summed E-state index contributed by atoms with van der Waals surface area (Å²) in [6, 6.07) is 1.88. The number of nitrogens with zero attached hydrogens (tertiary/aromatic N) is 1. The number of alkyl halides is 1. The molecule has 14 heavy (non-hydrogen) atoms. The van der Waals surface area contributed by atoms with E-state index in [1.807, 2.05) is 11.4 Å². The number of methoxy groups -OCH3 is 1. The van der Waals surface area contributed by atoms with Crippen LogP contribution in [0, 0.1) is 0 Å². The SMILES string of the molecule is COc1ccsc1-c1nc(CCl)co1. The zero-order chi connectivity index (χ0) is 9.97. The Morgan fingerprint density at radius 2 is 2.50 bits per heavy atom. The highest BCUT2D eigenvalue weighted by Gasteiger charge is 2.12. The van der Waals surface area contributed by atoms with Crippen molar-refractivity contribution >= 4 is 22.9 Å².